The van der Waals surface area contributed by atoms with Gasteiger partial charge in [-0.15, -0.1) is 0 Å². The highest BCUT2D eigenvalue weighted by molar-refractivity contribution is 5.79. The minimum atomic E-state index is 0.495. The molecule has 102 valence electrons. The Kier molecular flexibility index (Phi) is 3.37. The Morgan fingerprint density at radius 2 is 1.95 bits per heavy atom. The number of pyridine rings is 1. The van der Waals surface area contributed by atoms with Gasteiger partial charge in [0.2, 0.25) is 5.95 Å². The molecule has 0 radical (unpaired) electrons. The third kappa shape index (κ3) is 2.25. The molecule has 20 heavy (non-hydrogen) atoms. The number of anilines is 1. The van der Waals surface area contributed by atoms with E-state index in [1.54, 1.807) is 12.4 Å². The fraction of sp³-hybridized carbons (Fsp3) is 0.250. The van der Waals surface area contributed by atoms with Crippen molar-refractivity contribution in [3.05, 3.63) is 48.3 Å². The summed E-state index contributed by atoms with van der Waals surface area (Å²) in [7, 11) is 0. The molecule has 0 aliphatic rings. The number of aryl methyl sites for hydroxylation is 1. The second kappa shape index (κ2) is 5.33. The van der Waals surface area contributed by atoms with E-state index in [0.717, 1.165) is 23.1 Å². The summed E-state index contributed by atoms with van der Waals surface area (Å²) < 4.78 is 1.96. The molecule has 3 aromatic rings. The molecule has 0 aliphatic heterocycles. The van der Waals surface area contributed by atoms with E-state index in [-0.39, 0.29) is 0 Å². The van der Waals surface area contributed by atoms with Crippen molar-refractivity contribution in [1.82, 2.24) is 14.5 Å². The van der Waals surface area contributed by atoms with E-state index in [4.69, 9.17) is 5.73 Å². The predicted molar refractivity (Wildman–Crippen MR) is 81.9 cm³/mol. The fourth-order valence-corrected chi connectivity index (χ4v) is 2.41. The van der Waals surface area contributed by atoms with Crippen molar-refractivity contribution in [1.29, 1.82) is 0 Å². The maximum atomic E-state index is 6.03. The van der Waals surface area contributed by atoms with E-state index in [9.17, 15) is 0 Å². The van der Waals surface area contributed by atoms with Gasteiger partial charge in [0.25, 0.3) is 0 Å². The fourth-order valence-electron chi connectivity index (χ4n) is 2.41. The van der Waals surface area contributed by atoms with Gasteiger partial charge in [0.1, 0.15) is 5.52 Å². The van der Waals surface area contributed by atoms with Crippen molar-refractivity contribution in [2.75, 3.05) is 5.73 Å². The Balaban J connectivity index is 2.00. The van der Waals surface area contributed by atoms with Crippen molar-refractivity contribution >= 4 is 17.0 Å². The number of nitrogen functional groups attached to an aromatic ring is 1. The summed E-state index contributed by atoms with van der Waals surface area (Å²) >= 11 is 0. The lowest BCUT2D eigenvalue weighted by Gasteiger charge is -2.07. The number of nitrogens with zero attached hydrogens (tertiary/aromatic N) is 3. The Hall–Kier alpha value is -2.36. The molecule has 4 heteroatoms. The molecule has 0 aliphatic carbocycles. The molecular formula is C16H18N4. The van der Waals surface area contributed by atoms with Crippen LogP contribution < -0.4 is 5.73 Å². The molecule has 2 N–H and O–H groups in total. The van der Waals surface area contributed by atoms with Crippen LogP contribution in [-0.2, 0) is 6.42 Å². The van der Waals surface area contributed by atoms with E-state index < -0.39 is 0 Å². The van der Waals surface area contributed by atoms with Gasteiger partial charge in [-0.25, -0.2) is 4.98 Å². The number of fused-ring (bicyclic) bond motifs is 1. The molecule has 0 bridgehead atoms. The number of hydrogen-bond donors (Lipinski definition) is 1. The SMILES string of the molecule is CCCCc1ccc(-n2c(N)nc3cnccc32)cc1. The van der Waals surface area contributed by atoms with Crippen LogP contribution in [0.1, 0.15) is 25.3 Å². The van der Waals surface area contributed by atoms with Gasteiger partial charge >= 0.3 is 0 Å². The number of nitrogens with two attached hydrogens (primary N) is 1. The van der Waals surface area contributed by atoms with Crippen molar-refractivity contribution in [3.8, 4) is 5.69 Å². The van der Waals surface area contributed by atoms with Crippen LogP contribution in [0.5, 0.6) is 0 Å². The number of unbranched alkanes of at least 4 members (excludes halogenated alkanes) is 1. The summed E-state index contributed by atoms with van der Waals surface area (Å²) in [5, 5.41) is 0. The summed E-state index contributed by atoms with van der Waals surface area (Å²) in [6.07, 6.45) is 7.06. The smallest absolute Gasteiger partial charge is 0.205 e. The molecule has 0 atom stereocenters. The summed E-state index contributed by atoms with van der Waals surface area (Å²) in [6.45, 7) is 2.21. The van der Waals surface area contributed by atoms with Crippen molar-refractivity contribution < 1.29 is 0 Å². The van der Waals surface area contributed by atoms with E-state index >= 15 is 0 Å². The minimum Gasteiger partial charge on any atom is -0.369 e. The lowest BCUT2D eigenvalue weighted by atomic mass is 10.1. The molecule has 2 aromatic heterocycles. The van der Waals surface area contributed by atoms with Crippen molar-refractivity contribution in [2.45, 2.75) is 26.2 Å². The molecule has 4 nitrogen and oxygen atoms in total. The molecule has 0 amide bonds. The summed E-state index contributed by atoms with van der Waals surface area (Å²) in [5.41, 5.74) is 10.2. The summed E-state index contributed by atoms with van der Waals surface area (Å²) in [4.78, 5) is 8.42. The summed E-state index contributed by atoms with van der Waals surface area (Å²) in [6, 6.07) is 10.5. The molecule has 0 spiro atoms. The van der Waals surface area contributed by atoms with Gasteiger partial charge in [0.05, 0.1) is 11.7 Å². The number of aromatic nitrogens is 3. The minimum absolute atomic E-state index is 0.495. The maximum Gasteiger partial charge on any atom is 0.205 e. The predicted octanol–water partition coefficient (Wildman–Crippen LogP) is 3.35. The second-order valence-corrected chi connectivity index (χ2v) is 4.94. The monoisotopic (exact) mass is 266 g/mol. The van der Waals surface area contributed by atoms with Gasteiger partial charge in [-0.05, 0) is 36.6 Å². The van der Waals surface area contributed by atoms with Crippen LogP contribution in [-0.4, -0.2) is 14.5 Å². The zero-order valence-corrected chi connectivity index (χ0v) is 11.6. The average Bonchev–Trinajstić information content (AvgIpc) is 2.81. The van der Waals surface area contributed by atoms with Gasteiger partial charge in [-0.1, -0.05) is 25.5 Å². The van der Waals surface area contributed by atoms with Crippen LogP contribution in [0.25, 0.3) is 16.7 Å². The van der Waals surface area contributed by atoms with Gasteiger partial charge < -0.3 is 5.73 Å². The first-order chi connectivity index (χ1) is 9.79. The van der Waals surface area contributed by atoms with E-state index in [2.05, 4.69) is 41.2 Å². The third-order valence-electron chi connectivity index (χ3n) is 3.50. The van der Waals surface area contributed by atoms with Crippen LogP contribution in [0.4, 0.5) is 5.95 Å². The highest BCUT2D eigenvalue weighted by Gasteiger charge is 2.09. The molecule has 3 rings (SSSR count). The van der Waals surface area contributed by atoms with Crippen molar-refractivity contribution in [3.63, 3.8) is 0 Å². The van der Waals surface area contributed by atoms with Gasteiger partial charge in [-0.3, -0.25) is 9.55 Å². The Bertz CT molecular complexity index is 713. The number of imidazole rings is 1. The molecule has 0 saturated carbocycles. The van der Waals surface area contributed by atoms with Crippen LogP contribution in [0.15, 0.2) is 42.7 Å². The van der Waals surface area contributed by atoms with E-state index in [1.165, 1.54) is 18.4 Å². The van der Waals surface area contributed by atoms with Crippen LogP contribution in [0, 0.1) is 0 Å². The molecular weight excluding hydrogens is 248 g/mol. The zero-order chi connectivity index (χ0) is 13.9. The zero-order valence-electron chi connectivity index (χ0n) is 11.6. The molecule has 1 aromatic carbocycles. The van der Waals surface area contributed by atoms with Crippen LogP contribution in [0.2, 0.25) is 0 Å². The lowest BCUT2D eigenvalue weighted by molar-refractivity contribution is 0.795. The molecule has 0 fully saturated rings. The van der Waals surface area contributed by atoms with Gasteiger partial charge in [-0.2, -0.15) is 0 Å². The standard InChI is InChI=1S/C16H18N4/c1-2-3-4-12-5-7-13(8-6-12)20-15-9-10-18-11-14(15)19-16(20)17/h5-11H,2-4H2,1H3,(H2,17,19). The average molecular weight is 266 g/mol. The first-order valence-electron chi connectivity index (χ1n) is 6.97. The molecule has 0 saturated heterocycles. The Labute approximate surface area is 118 Å². The number of rotatable bonds is 4. The first kappa shape index (κ1) is 12.7. The Morgan fingerprint density at radius 3 is 2.70 bits per heavy atom. The third-order valence-corrected chi connectivity index (χ3v) is 3.50. The largest absolute Gasteiger partial charge is 0.369 e. The first-order valence-corrected chi connectivity index (χ1v) is 6.97. The van der Waals surface area contributed by atoms with Gasteiger partial charge in [0, 0.05) is 11.9 Å². The summed E-state index contributed by atoms with van der Waals surface area (Å²) in [5.74, 6) is 0.495. The van der Waals surface area contributed by atoms with E-state index in [0.29, 0.717) is 5.95 Å². The number of benzene rings is 1. The van der Waals surface area contributed by atoms with Crippen molar-refractivity contribution in [2.24, 2.45) is 0 Å². The van der Waals surface area contributed by atoms with Crippen LogP contribution in [0.3, 0.4) is 0 Å². The lowest BCUT2D eigenvalue weighted by Crippen LogP contribution is -2.00. The normalized spacial score (nSPS) is 11.1. The van der Waals surface area contributed by atoms with Gasteiger partial charge in [0.15, 0.2) is 0 Å². The van der Waals surface area contributed by atoms with E-state index in [1.807, 2.05) is 10.6 Å². The Morgan fingerprint density at radius 1 is 1.15 bits per heavy atom. The maximum absolute atomic E-state index is 6.03. The second-order valence-electron chi connectivity index (χ2n) is 4.94. The quantitative estimate of drug-likeness (QED) is 0.788. The molecule has 2 heterocycles. The topological polar surface area (TPSA) is 56.7 Å². The number of hydrogen-bond acceptors (Lipinski definition) is 3. The van der Waals surface area contributed by atoms with Crippen LogP contribution >= 0.6 is 0 Å². The highest BCUT2D eigenvalue weighted by Crippen LogP contribution is 2.22. The highest BCUT2D eigenvalue weighted by atomic mass is 15.2. The molecule has 0 unspecified atom stereocenters.